The summed E-state index contributed by atoms with van der Waals surface area (Å²) in [4.78, 5) is 26.4. The second-order valence-electron chi connectivity index (χ2n) is 6.81. The largest absolute Gasteiger partial charge is 0.340 e. The zero-order chi connectivity index (χ0) is 14.6. The average molecular weight is 280 g/mol. The van der Waals surface area contributed by atoms with Crippen LogP contribution in [0.4, 0.5) is 0 Å². The number of unbranched alkanes of at least 4 members (excludes halogenated alkanes) is 1. The Morgan fingerprint density at radius 2 is 1.85 bits per heavy atom. The molecule has 20 heavy (non-hydrogen) atoms. The van der Waals surface area contributed by atoms with E-state index in [1.165, 1.54) is 12.8 Å². The van der Waals surface area contributed by atoms with Gasteiger partial charge in [0.15, 0.2) is 0 Å². The first-order valence-corrected chi connectivity index (χ1v) is 8.14. The lowest BCUT2D eigenvalue weighted by Crippen LogP contribution is -2.67. The predicted molar refractivity (Wildman–Crippen MR) is 79.2 cm³/mol. The third-order valence-corrected chi connectivity index (χ3v) is 4.58. The summed E-state index contributed by atoms with van der Waals surface area (Å²) in [5.74, 6) is 0.900. The molecule has 2 rings (SSSR count). The van der Waals surface area contributed by atoms with Crippen LogP contribution in [0.1, 0.15) is 65.2 Å². The Kier molecular flexibility index (Phi) is 5.06. The summed E-state index contributed by atoms with van der Waals surface area (Å²) in [6, 6.07) is 0. The summed E-state index contributed by atoms with van der Waals surface area (Å²) < 4.78 is 0. The van der Waals surface area contributed by atoms with Gasteiger partial charge in [0.1, 0.15) is 5.54 Å². The highest BCUT2D eigenvalue weighted by molar-refractivity contribution is 5.98. The van der Waals surface area contributed by atoms with E-state index in [0.717, 1.165) is 45.1 Å². The van der Waals surface area contributed by atoms with E-state index < -0.39 is 5.54 Å². The van der Waals surface area contributed by atoms with Gasteiger partial charge in [-0.15, -0.1) is 0 Å². The Hall–Kier alpha value is -1.06. The summed E-state index contributed by atoms with van der Waals surface area (Å²) in [5, 5.41) is 2.99. The van der Waals surface area contributed by atoms with Crippen LogP contribution < -0.4 is 5.32 Å². The molecule has 4 heteroatoms. The first-order valence-electron chi connectivity index (χ1n) is 8.14. The highest BCUT2D eigenvalue weighted by Gasteiger charge is 2.46. The van der Waals surface area contributed by atoms with Crippen molar-refractivity contribution in [2.24, 2.45) is 5.92 Å². The quantitative estimate of drug-likeness (QED) is 0.787. The van der Waals surface area contributed by atoms with E-state index in [2.05, 4.69) is 19.2 Å². The molecule has 1 saturated heterocycles. The van der Waals surface area contributed by atoms with Crippen LogP contribution in [0, 0.1) is 5.92 Å². The second kappa shape index (κ2) is 6.59. The van der Waals surface area contributed by atoms with Gasteiger partial charge < -0.3 is 10.2 Å². The highest BCUT2D eigenvalue weighted by atomic mass is 16.2. The molecule has 0 aromatic carbocycles. The zero-order valence-electron chi connectivity index (χ0n) is 12.9. The van der Waals surface area contributed by atoms with Crippen molar-refractivity contribution >= 4 is 11.8 Å². The molecule has 0 bridgehead atoms. The first kappa shape index (κ1) is 15.3. The molecule has 0 radical (unpaired) electrons. The molecule has 0 unspecified atom stereocenters. The number of carbonyl (C=O) groups is 2. The van der Waals surface area contributed by atoms with Crippen molar-refractivity contribution < 1.29 is 9.59 Å². The maximum absolute atomic E-state index is 12.7. The Bertz CT molecular complexity index is 359. The smallest absolute Gasteiger partial charge is 0.248 e. The lowest BCUT2D eigenvalue weighted by molar-refractivity contribution is -0.151. The number of nitrogens with zero attached hydrogens (tertiary/aromatic N) is 1. The molecule has 0 aromatic heterocycles. The van der Waals surface area contributed by atoms with Gasteiger partial charge in [-0.05, 0) is 25.2 Å². The number of amides is 2. The molecular weight excluding hydrogens is 252 g/mol. The second-order valence-corrected chi connectivity index (χ2v) is 6.81. The molecule has 0 aromatic rings. The van der Waals surface area contributed by atoms with Gasteiger partial charge in [0, 0.05) is 6.54 Å². The first-order chi connectivity index (χ1) is 9.53. The molecule has 2 amide bonds. The van der Waals surface area contributed by atoms with Crippen molar-refractivity contribution in [2.75, 3.05) is 13.1 Å². The van der Waals surface area contributed by atoms with Crippen LogP contribution in [-0.4, -0.2) is 35.3 Å². The van der Waals surface area contributed by atoms with E-state index in [0.29, 0.717) is 5.92 Å². The summed E-state index contributed by atoms with van der Waals surface area (Å²) in [6.45, 7) is 5.43. The normalized spacial score (nSPS) is 22.4. The standard InChI is InChI=1S/C16H28N2O2/c1-13(2)8-4-7-11-18-12-14(19)17-16(15(18)20)9-5-3-6-10-16/h13H,3-12H2,1-2H3,(H,17,19). The van der Waals surface area contributed by atoms with E-state index in [4.69, 9.17) is 0 Å². The predicted octanol–water partition coefficient (Wildman–Crippen LogP) is 2.47. The van der Waals surface area contributed by atoms with Crippen LogP contribution in [0.25, 0.3) is 0 Å². The minimum Gasteiger partial charge on any atom is -0.340 e. The summed E-state index contributed by atoms with van der Waals surface area (Å²) in [5.41, 5.74) is -0.564. The molecule has 1 aliphatic heterocycles. The Balaban J connectivity index is 1.91. The Morgan fingerprint density at radius 1 is 1.15 bits per heavy atom. The van der Waals surface area contributed by atoms with E-state index in [9.17, 15) is 9.59 Å². The van der Waals surface area contributed by atoms with Gasteiger partial charge >= 0.3 is 0 Å². The average Bonchev–Trinajstić information content (AvgIpc) is 2.41. The van der Waals surface area contributed by atoms with Crippen LogP contribution >= 0.6 is 0 Å². The maximum atomic E-state index is 12.7. The highest BCUT2D eigenvalue weighted by Crippen LogP contribution is 2.32. The summed E-state index contributed by atoms with van der Waals surface area (Å²) >= 11 is 0. The fraction of sp³-hybridized carbons (Fsp3) is 0.875. The number of hydrogen-bond donors (Lipinski definition) is 1. The van der Waals surface area contributed by atoms with Crippen molar-refractivity contribution in [3.05, 3.63) is 0 Å². The molecule has 1 aliphatic carbocycles. The fourth-order valence-electron chi connectivity index (χ4n) is 3.44. The third kappa shape index (κ3) is 3.53. The van der Waals surface area contributed by atoms with E-state index >= 15 is 0 Å². The van der Waals surface area contributed by atoms with Crippen LogP contribution in [0.3, 0.4) is 0 Å². The minimum atomic E-state index is -0.564. The van der Waals surface area contributed by atoms with Crippen LogP contribution in [0.5, 0.6) is 0 Å². The van der Waals surface area contributed by atoms with Gasteiger partial charge in [0.05, 0.1) is 6.54 Å². The van der Waals surface area contributed by atoms with E-state index in [-0.39, 0.29) is 18.4 Å². The molecule has 1 heterocycles. The molecule has 0 atom stereocenters. The zero-order valence-corrected chi connectivity index (χ0v) is 12.9. The summed E-state index contributed by atoms with van der Waals surface area (Å²) in [7, 11) is 0. The topological polar surface area (TPSA) is 49.4 Å². The van der Waals surface area contributed by atoms with Crippen molar-refractivity contribution in [3.63, 3.8) is 0 Å². The number of piperazine rings is 1. The molecule has 1 N–H and O–H groups in total. The van der Waals surface area contributed by atoms with Crippen LogP contribution in [0.15, 0.2) is 0 Å². The van der Waals surface area contributed by atoms with Gasteiger partial charge in [-0.3, -0.25) is 9.59 Å². The number of nitrogens with one attached hydrogen (secondary N) is 1. The number of carbonyl (C=O) groups excluding carboxylic acids is 2. The molecular formula is C16H28N2O2. The molecule has 2 fully saturated rings. The minimum absolute atomic E-state index is 0.0235. The molecule has 1 spiro atoms. The third-order valence-electron chi connectivity index (χ3n) is 4.58. The summed E-state index contributed by atoms with van der Waals surface area (Å²) in [6.07, 6.45) is 8.25. The molecule has 2 aliphatic rings. The van der Waals surface area contributed by atoms with Gasteiger partial charge in [-0.25, -0.2) is 0 Å². The SMILES string of the molecule is CC(C)CCCCN1CC(=O)NC2(CCCCC2)C1=O. The van der Waals surface area contributed by atoms with Crippen molar-refractivity contribution in [1.82, 2.24) is 10.2 Å². The van der Waals surface area contributed by atoms with Gasteiger partial charge in [0.2, 0.25) is 11.8 Å². The van der Waals surface area contributed by atoms with Crippen molar-refractivity contribution in [2.45, 2.75) is 70.8 Å². The lowest BCUT2D eigenvalue weighted by atomic mass is 9.79. The number of rotatable bonds is 5. The molecule has 114 valence electrons. The molecule has 4 nitrogen and oxygen atoms in total. The van der Waals surface area contributed by atoms with Crippen LogP contribution in [0.2, 0.25) is 0 Å². The lowest BCUT2D eigenvalue weighted by Gasteiger charge is -2.44. The van der Waals surface area contributed by atoms with Crippen molar-refractivity contribution in [1.29, 1.82) is 0 Å². The molecule has 1 saturated carbocycles. The van der Waals surface area contributed by atoms with Gasteiger partial charge in [0.25, 0.3) is 0 Å². The van der Waals surface area contributed by atoms with Crippen molar-refractivity contribution in [3.8, 4) is 0 Å². The Morgan fingerprint density at radius 3 is 2.50 bits per heavy atom. The fourth-order valence-corrected chi connectivity index (χ4v) is 3.44. The van der Waals surface area contributed by atoms with E-state index in [1.807, 2.05) is 0 Å². The van der Waals surface area contributed by atoms with E-state index in [1.54, 1.807) is 4.90 Å². The van der Waals surface area contributed by atoms with Crippen LogP contribution in [-0.2, 0) is 9.59 Å². The van der Waals surface area contributed by atoms with Gasteiger partial charge in [-0.1, -0.05) is 46.0 Å². The maximum Gasteiger partial charge on any atom is 0.248 e. The number of hydrogen-bond acceptors (Lipinski definition) is 2. The Labute approximate surface area is 122 Å². The van der Waals surface area contributed by atoms with Gasteiger partial charge in [-0.2, -0.15) is 0 Å². The monoisotopic (exact) mass is 280 g/mol.